The van der Waals surface area contributed by atoms with E-state index in [1.807, 2.05) is 18.2 Å². The van der Waals surface area contributed by atoms with Gasteiger partial charge in [0.05, 0.1) is 18.1 Å². The molecule has 0 heterocycles. The molecule has 0 saturated carbocycles. The average Bonchev–Trinajstić information content (AvgIpc) is 2.18. The summed E-state index contributed by atoms with van der Waals surface area (Å²) in [5.41, 5.74) is 0.585. The molecule has 0 aliphatic heterocycles. The highest BCUT2D eigenvalue weighted by Crippen LogP contribution is 2.15. The van der Waals surface area contributed by atoms with E-state index >= 15 is 0 Å². The van der Waals surface area contributed by atoms with Gasteiger partial charge in [0.2, 0.25) is 0 Å². The van der Waals surface area contributed by atoms with E-state index in [1.165, 1.54) is 0 Å². The van der Waals surface area contributed by atoms with Crippen LogP contribution in [0.4, 0.5) is 0 Å². The Hall–Kier alpha value is -1.34. The van der Waals surface area contributed by atoms with Crippen LogP contribution in [0.2, 0.25) is 0 Å². The maximum absolute atomic E-state index is 11.7. The molecular formula is C11H11BrN2O. The van der Waals surface area contributed by atoms with Crippen LogP contribution in [-0.4, -0.2) is 11.9 Å². The second-order valence-electron chi connectivity index (χ2n) is 3.22. The van der Waals surface area contributed by atoms with E-state index in [1.54, 1.807) is 19.1 Å². The highest BCUT2D eigenvalue weighted by atomic mass is 79.9. The van der Waals surface area contributed by atoms with E-state index in [0.29, 0.717) is 12.0 Å². The molecule has 0 aromatic heterocycles. The normalized spacial score (nSPS) is 11.5. The number of halogens is 1. The van der Waals surface area contributed by atoms with Crippen LogP contribution in [0.25, 0.3) is 0 Å². The molecule has 15 heavy (non-hydrogen) atoms. The Balaban J connectivity index is 2.70. The molecule has 0 radical (unpaired) electrons. The van der Waals surface area contributed by atoms with Crippen LogP contribution < -0.4 is 5.32 Å². The van der Waals surface area contributed by atoms with E-state index in [4.69, 9.17) is 5.26 Å². The molecule has 0 bridgehead atoms. The van der Waals surface area contributed by atoms with Crippen LogP contribution in [0.1, 0.15) is 23.7 Å². The van der Waals surface area contributed by atoms with Crippen molar-refractivity contribution < 1.29 is 4.79 Å². The van der Waals surface area contributed by atoms with Crippen molar-refractivity contribution in [2.45, 2.75) is 19.4 Å². The Kier molecular flexibility index (Phi) is 4.32. The molecule has 1 amide bonds. The maximum Gasteiger partial charge on any atom is 0.252 e. The average molecular weight is 267 g/mol. The summed E-state index contributed by atoms with van der Waals surface area (Å²) in [5.74, 6) is -0.162. The lowest BCUT2D eigenvalue weighted by atomic mass is 10.2. The van der Waals surface area contributed by atoms with Crippen molar-refractivity contribution >= 4 is 21.8 Å². The van der Waals surface area contributed by atoms with Crippen molar-refractivity contribution in [3.63, 3.8) is 0 Å². The van der Waals surface area contributed by atoms with Crippen LogP contribution in [0, 0.1) is 11.3 Å². The van der Waals surface area contributed by atoms with Gasteiger partial charge in [0, 0.05) is 10.5 Å². The second-order valence-corrected chi connectivity index (χ2v) is 4.07. The lowest BCUT2D eigenvalue weighted by Crippen LogP contribution is -2.32. The molecule has 0 fully saturated rings. The summed E-state index contributed by atoms with van der Waals surface area (Å²) < 4.78 is 0.756. The fourth-order valence-electron chi connectivity index (χ4n) is 1.13. The van der Waals surface area contributed by atoms with Crippen LogP contribution in [0.5, 0.6) is 0 Å². The van der Waals surface area contributed by atoms with Crippen molar-refractivity contribution in [2.24, 2.45) is 0 Å². The van der Waals surface area contributed by atoms with Crippen molar-refractivity contribution in [1.29, 1.82) is 5.26 Å². The first-order chi connectivity index (χ1) is 7.15. The molecule has 1 rings (SSSR count). The summed E-state index contributed by atoms with van der Waals surface area (Å²) in [5, 5.41) is 11.2. The predicted molar refractivity (Wildman–Crippen MR) is 61.3 cm³/mol. The van der Waals surface area contributed by atoms with E-state index in [2.05, 4.69) is 21.2 Å². The number of carbonyl (C=O) groups excluding carboxylic acids is 1. The molecule has 0 saturated heterocycles. The van der Waals surface area contributed by atoms with Crippen molar-refractivity contribution in [2.75, 3.05) is 0 Å². The predicted octanol–water partition coefficient (Wildman–Crippen LogP) is 2.48. The molecule has 4 heteroatoms. The molecule has 78 valence electrons. The fraction of sp³-hybridized carbons (Fsp3) is 0.273. The first kappa shape index (κ1) is 11.7. The number of nitriles is 1. The van der Waals surface area contributed by atoms with Gasteiger partial charge in [-0.3, -0.25) is 4.79 Å². The number of carbonyl (C=O) groups is 1. The second kappa shape index (κ2) is 5.52. The van der Waals surface area contributed by atoms with Crippen molar-refractivity contribution in [3.05, 3.63) is 34.3 Å². The van der Waals surface area contributed by atoms with Gasteiger partial charge >= 0.3 is 0 Å². The third-order valence-corrected chi connectivity index (χ3v) is 2.58. The Labute approximate surface area is 97.2 Å². The van der Waals surface area contributed by atoms with Gasteiger partial charge in [0.15, 0.2) is 0 Å². The SMILES string of the molecule is CC(CC#N)NC(=O)c1ccccc1Br. The molecule has 1 atom stereocenters. The summed E-state index contributed by atoms with van der Waals surface area (Å²) in [6, 6.07) is 9.07. The Bertz CT molecular complexity index is 398. The summed E-state index contributed by atoms with van der Waals surface area (Å²) in [7, 11) is 0. The molecule has 1 aromatic carbocycles. The zero-order chi connectivity index (χ0) is 11.3. The first-order valence-electron chi connectivity index (χ1n) is 4.57. The summed E-state index contributed by atoms with van der Waals surface area (Å²) in [4.78, 5) is 11.7. The van der Waals surface area contributed by atoms with Gasteiger partial charge < -0.3 is 5.32 Å². The van der Waals surface area contributed by atoms with Gasteiger partial charge in [-0.2, -0.15) is 5.26 Å². The summed E-state index contributed by atoms with van der Waals surface area (Å²) in [6.07, 6.45) is 0.316. The van der Waals surface area contributed by atoms with E-state index in [-0.39, 0.29) is 11.9 Å². The molecule has 1 aromatic rings. The van der Waals surface area contributed by atoms with Crippen LogP contribution >= 0.6 is 15.9 Å². The van der Waals surface area contributed by atoms with Crippen LogP contribution in [0.3, 0.4) is 0 Å². The number of hydrogen-bond donors (Lipinski definition) is 1. The van der Waals surface area contributed by atoms with Gasteiger partial charge in [0.1, 0.15) is 0 Å². The number of rotatable bonds is 3. The summed E-state index contributed by atoms with van der Waals surface area (Å²) >= 11 is 3.30. The third-order valence-electron chi connectivity index (χ3n) is 1.89. The molecule has 0 spiro atoms. The van der Waals surface area contributed by atoms with E-state index in [0.717, 1.165) is 4.47 Å². The van der Waals surface area contributed by atoms with Crippen molar-refractivity contribution in [1.82, 2.24) is 5.32 Å². The highest BCUT2D eigenvalue weighted by molar-refractivity contribution is 9.10. The molecule has 0 aliphatic carbocycles. The third kappa shape index (κ3) is 3.37. The van der Waals surface area contributed by atoms with Gasteiger partial charge in [-0.05, 0) is 35.0 Å². The Morgan fingerprint density at radius 3 is 2.87 bits per heavy atom. The lowest BCUT2D eigenvalue weighted by molar-refractivity contribution is 0.0940. The van der Waals surface area contributed by atoms with Gasteiger partial charge in [-0.25, -0.2) is 0 Å². The van der Waals surface area contributed by atoms with Crippen molar-refractivity contribution in [3.8, 4) is 6.07 Å². The minimum atomic E-state index is -0.162. The fourth-order valence-corrected chi connectivity index (χ4v) is 1.60. The molecular weight excluding hydrogens is 256 g/mol. The lowest BCUT2D eigenvalue weighted by Gasteiger charge is -2.10. The Morgan fingerprint density at radius 1 is 1.60 bits per heavy atom. The van der Waals surface area contributed by atoms with Crippen LogP contribution in [0.15, 0.2) is 28.7 Å². The standard InChI is InChI=1S/C11H11BrN2O/c1-8(6-7-13)14-11(15)9-4-2-3-5-10(9)12/h2-5,8H,6H2,1H3,(H,14,15). The highest BCUT2D eigenvalue weighted by Gasteiger charge is 2.11. The number of benzene rings is 1. The zero-order valence-electron chi connectivity index (χ0n) is 8.33. The monoisotopic (exact) mass is 266 g/mol. The number of amides is 1. The number of hydrogen-bond acceptors (Lipinski definition) is 2. The minimum Gasteiger partial charge on any atom is -0.349 e. The number of nitrogens with zero attached hydrogens (tertiary/aromatic N) is 1. The molecule has 1 unspecified atom stereocenters. The molecule has 1 N–H and O–H groups in total. The topological polar surface area (TPSA) is 52.9 Å². The zero-order valence-corrected chi connectivity index (χ0v) is 9.91. The van der Waals surface area contributed by atoms with E-state index < -0.39 is 0 Å². The van der Waals surface area contributed by atoms with Gasteiger partial charge in [-0.1, -0.05) is 12.1 Å². The molecule has 3 nitrogen and oxygen atoms in total. The largest absolute Gasteiger partial charge is 0.349 e. The van der Waals surface area contributed by atoms with Gasteiger partial charge in [-0.15, -0.1) is 0 Å². The van der Waals surface area contributed by atoms with Gasteiger partial charge in [0.25, 0.3) is 5.91 Å². The Morgan fingerprint density at radius 2 is 2.27 bits per heavy atom. The summed E-state index contributed by atoms with van der Waals surface area (Å²) in [6.45, 7) is 1.80. The maximum atomic E-state index is 11.7. The van der Waals surface area contributed by atoms with Crippen LogP contribution in [-0.2, 0) is 0 Å². The number of nitrogens with one attached hydrogen (secondary N) is 1. The minimum absolute atomic E-state index is 0.130. The smallest absolute Gasteiger partial charge is 0.252 e. The molecule has 0 aliphatic rings. The first-order valence-corrected chi connectivity index (χ1v) is 5.36. The quantitative estimate of drug-likeness (QED) is 0.914. The van der Waals surface area contributed by atoms with E-state index in [9.17, 15) is 4.79 Å².